The lowest BCUT2D eigenvalue weighted by atomic mass is 9.77. The van der Waals surface area contributed by atoms with Crippen molar-refractivity contribution in [3.05, 3.63) is 54.2 Å². The largest absolute Gasteiger partial charge is 0.369 e. The molecule has 2 aromatic heterocycles. The van der Waals surface area contributed by atoms with Gasteiger partial charge in [0.25, 0.3) is 0 Å². The number of nitrogens with two attached hydrogens (primary N) is 1. The molecule has 3 aromatic rings. The van der Waals surface area contributed by atoms with Crippen molar-refractivity contribution in [1.29, 1.82) is 0 Å². The van der Waals surface area contributed by atoms with Gasteiger partial charge in [-0.25, -0.2) is 0 Å². The number of ketones is 1. The molecule has 0 saturated carbocycles. The number of allylic oxidation sites excluding steroid dienone is 1. The SMILES string of the molecule is C=CC[C@H](C(N)=O)[C@@H](CC(C)C)C(=O)C[C@H]1CCCCn2c(-c3ccc(-c4c(C)noc4C)cc3)nnc21. The van der Waals surface area contributed by atoms with Crippen LogP contribution >= 0.6 is 0 Å². The zero-order valence-electron chi connectivity index (χ0n) is 22.9. The third-order valence-corrected chi connectivity index (χ3v) is 7.65. The molecular formula is C30H39N5O3. The van der Waals surface area contributed by atoms with Gasteiger partial charge < -0.3 is 14.8 Å². The van der Waals surface area contributed by atoms with Crippen molar-refractivity contribution in [1.82, 2.24) is 19.9 Å². The lowest BCUT2D eigenvalue weighted by Crippen LogP contribution is -2.35. The predicted molar refractivity (Wildman–Crippen MR) is 147 cm³/mol. The van der Waals surface area contributed by atoms with E-state index in [1.54, 1.807) is 6.08 Å². The number of carbonyl (C=O) groups is 2. The summed E-state index contributed by atoms with van der Waals surface area (Å²) in [7, 11) is 0. The maximum Gasteiger partial charge on any atom is 0.221 e. The van der Waals surface area contributed by atoms with Crippen LogP contribution in [0.15, 0.2) is 41.4 Å². The molecule has 0 aliphatic carbocycles. The Morgan fingerprint density at radius 3 is 2.45 bits per heavy atom. The van der Waals surface area contributed by atoms with Gasteiger partial charge >= 0.3 is 0 Å². The smallest absolute Gasteiger partial charge is 0.221 e. The number of amides is 1. The van der Waals surface area contributed by atoms with Gasteiger partial charge in [0, 0.05) is 35.9 Å². The number of carbonyl (C=O) groups excluding carboxylic acids is 2. The Morgan fingerprint density at radius 2 is 1.84 bits per heavy atom. The van der Waals surface area contributed by atoms with E-state index in [-0.39, 0.29) is 17.6 Å². The van der Waals surface area contributed by atoms with Gasteiger partial charge in [0.05, 0.1) is 11.6 Å². The number of benzene rings is 1. The Balaban J connectivity index is 1.60. The summed E-state index contributed by atoms with van der Waals surface area (Å²) in [6.45, 7) is 12.6. The highest BCUT2D eigenvalue weighted by Crippen LogP contribution is 2.36. The first-order valence-corrected chi connectivity index (χ1v) is 13.6. The van der Waals surface area contributed by atoms with Crippen LogP contribution in [0.4, 0.5) is 0 Å². The van der Waals surface area contributed by atoms with E-state index in [4.69, 9.17) is 10.3 Å². The maximum atomic E-state index is 13.7. The summed E-state index contributed by atoms with van der Waals surface area (Å²) in [5.74, 6) is 1.38. The Labute approximate surface area is 224 Å². The second-order valence-corrected chi connectivity index (χ2v) is 10.9. The third-order valence-electron chi connectivity index (χ3n) is 7.65. The number of nitrogens with zero attached hydrogens (tertiary/aromatic N) is 4. The molecule has 3 heterocycles. The Kier molecular flexibility index (Phi) is 8.59. The number of hydrogen-bond donors (Lipinski definition) is 1. The van der Waals surface area contributed by atoms with Crippen molar-refractivity contribution < 1.29 is 14.1 Å². The molecule has 0 fully saturated rings. The molecule has 1 aliphatic heterocycles. The van der Waals surface area contributed by atoms with Gasteiger partial charge in [0.1, 0.15) is 17.4 Å². The molecule has 0 unspecified atom stereocenters. The third kappa shape index (κ3) is 5.79. The molecule has 1 aliphatic rings. The van der Waals surface area contributed by atoms with Gasteiger partial charge in [-0.05, 0) is 51.0 Å². The van der Waals surface area contributed by atoms with E-state index in [1.165, 1.54) is 0 Å². The van der Waals surface area contributed by atoms with Crippen LogP contribution in [0.5, 0.6) is 0 Å². The van der Waals surface area contributed by atoms with Crippen LogP contribution in [0, 0.1) is 31.6 Å². The zero-order chi connectivity index (χ0) is 27.4. The summed E-state index contributed by atoms with van der Waals surface area (Å²) in [4.78, 5) is 25.9. The molecule has 8 nitrogen and oxygen atoms in total. The average molecular weight is 518 g/mol. The van der Waals surface area contributed by atoms with E-state index in [9.17, 15) is 9.59 Å². The van der Waals surface area contributed by atoms with Crippen molar-refractivity contribution >= 4 is 11.7 Å². The summed E-state index contributed by atoms with van der Waals surface area (Å²) in [6, 6.07) is 8.21. The van der Waals surface area contributed by atoms with Crippen LogP contribution in [-0.2, 0) is 16.1 Å². The first kappa shape index (κ1) is 27.5. The Morgan fingerprint density at radius 1 is 1.13 bits per heavy atom. The van der Waals surface area contributed by atoms with E-state index in [1.807, 2.05) is 13.8 Å². The number of Topliss-reactive ketones (excluding diaryl/α,β-unsaturated/α-hetero) is 1. The number of fused-ring (bicyclic) bond motifs is 1. The summed E-state index contributed by atoms with van der Waals surface area (Å²) in [6.07, 6.45) is 5.92. The van der Waals surface area contributed by atoms with Crippen LogP contribution in [0.3, 0.4) is 0 Å². The van der Waals surface area contributed by atoms with Crippen molar-refractivity contribution in [2.75, 3.05) is 0 Å². The maximum absolute atomic E-state index is 13.7. The molecule has 3 atom stereocenters. The number of hydrogen-bond acceptors (Lipinski definition) is 6. The number of aryl methyl sites for hydroxylation is 2. The van der Waals surface area contributed by atoms with Crippen LogP contribution in [0.25, 0.3) is 22.5 Å². The summed E-state index contributed by atoms with van der Waals surface area (Å²) < 4.78 is 7.50. The number of primary amides is 1. The minimum absolute atomic E-state index is 0.0419. The van der Waals surface area contributed by atoms with E-state index in [0.29, 0.717) is 19.3 Å². The van der Waals surface area contributed by atoms with Gasteiger partial charge in [0.15, 0.2) is 5.82 Å². The fourth-order valence-electron chi connectivity index (χ4n) is 5.80. The summed E-state index contributed by atoms with van der Waals surface area (Å²) in [5, 5.41) is 13.2. The highest BCUT2D eigenvalue weighted by molar-refractivity contribution is 5.88. The second kappa shape index (κ2) is 11.9. The lowest BCUT2D eigenvalue weighted by molar-refractivity contribution is -0.132. The zero-order valence-corrected chi connectivity index (χ0v) is 22.9. The Bertz CT molecular complexity index is 1270. The highest BCUT2D eigenvalue weighted by Gasteiger charge is 2.35. The first-order chi connectivity index (χ1) is 18.2. The minimum Gasteiger partial charge on any atom is -0.369 e. The van der Waals surface area contributed by atoms with Crippen molar-refractivity contribution in [2.24, 2.45) is 23.5 Å². The summed E-state index contributed by atoms with van der Waals surface area (Å²) >= 11 is 0. The van der Waals surface area contributed by atoms with Gasteiger partial charge in [-0.15, -0.1) is 16.8 Å². The molecular weight excluding hydrogens is 478 g/mol. The fraction of sp³-hybridized carbons (Fsp3) is 0.500. The van der Waals surface area contributed by atoms with Crippen LogP contribution in [0.2, 0.25) is 0 Å². The molecule has 4 rings (SSSR count). The molecule has 0 bridgehead atoms. The quantitative estimate of drug-likeness (QED) is 0.322. The van der Waals surface area contributed by atoms with Crippen LogP contribution < -0.4 is 5.73 Å². The van der Waals surface area contributed by atoms with Crippen molar-refractivity contribution in [3.8, 4) is 22.5 Å². The van der Waals surface area contributed by atoms with Gasteiger partial charge in [-0.2, -0.15) is 0 Å². The Hall–Kier alpha value is -3.55. The standard InChI is InChI=1S/C30H39N5O3/c1-6-9-24(28(31)37)25(16-18(2)3)26(36)17-23-10-7-8-15-35-29(32-33-30(23)35)22-13-11-21(12-14-22)27-19(4)34-38-20(27)5/h6,11-14,18,23-25H,1,7-10,15-17H2,2-5H3,(H2,31,37)/t23-,24+,25-/m1/s1. The topological polar surface area (TPSA) is 117 Å². The molecule has 38 heavy (non-hydrogen) atoms. The lowest BCUT2D eigenvalue weighted by Gasteiger charge is -2.26. The van der Waals surface area contributed by atoms with Crippen molar-refractivity contribution in [3.63, 3.8) is 0 Å². The monoisotopic (exact) mass is 517 g/mol. The first-order valence-electron chi connectivity index (χ1n) is 13.6. The molecule has 8 heteroatoms. The van der Waals surface area contributed by atoms with Crippen LogP contribution in [0.1, 0.15) is 75.6 Å². The number of rotatable bonds is 11. The van der Waals surface area contributed by atoms with E-state index in [2.05, 4.69) is 64.6 Å². The molecule has 0 saturated heterocycles. The molecule has 0 spiro atoms. The van der Waals surface area contributed by atoms with E-state index >= 15 is 0 Å². The number of aromatic nitrogens is 4. The normalized spacial score (nSPS) is 17.0. The van der Waals surface area contributed by atoms with E-state index < -0.39 is 17.7 Å². The minimum atomic E-state index is -0.530. The van der Waals surface area contributed by atoms with Gasteiger partial charge in [-0.3, -0.25) is 9.59 Å². The molecule has 2 N–H and O–H groups in total. The van der Waals surface area contributed by atoms with Gasteiger partial charge in [-0.1, -0.05) is 55.8 Å². The van der Waals surface area contributed by atoms with Crippen LogP contribution in [-0.4, -0.2) is 31.6 Å². The molecule has 1 amide bonds. The van der Waals surface area contributed by atoms with E-state index in [0.717, 1.165) is 65.6 Å². The fourth-order valence-corrected chi connectivity index (χ4v) is 5.80. The second-order valence-electron chi connectivity index (χ2n) is 10.9. The van der Waals surface area contributed by atoms with Gasteiger partial charge in [0.2, 0.25) is 5.91 Å². The average Bonchev–Trinajstić information content (AvgIpc) is 3.39. The molecule has 1 aromatic carbocycles. The summed E-state index contributed by atoms with van der Waals surface area (Å²) in [5.41, 5.74) is 9.62. The molecule has 0 radical (unpaired) electrons. The predicted octanol–water partition coefficient (Wildman–Crippen LogP) is 5.78. The van der Waals surface area contributed by atoms with Crippen molar-refractivity contribution in [2.45, 2.75) is 78.7 Å². The molecule has 202 valence electrons. The highest BCUT2D eigenvalue weighted by atomic mass is 16.5.